The number of hydrogen-bond donors (Lipinski definition) is 3. The fraction of sp³-hybridized carbons (Fsp3) is 0.261. The smallest absolute Gasteiger partial charge is 0.407 e. The number of nitrogens with one attached hydrogen (secondary N) is 2. The molecule has 1 amide bonds. The number of nitrogens with zero attached hydrogens (tertiary/aromatic N) is 4. The van der Waals surface area contributed by atoms with E-state index in [1.807, 2.05) is 24.3 Å². The number of hydrogen-bond acceptors (Lipinski definition) is 6. The Kier molecular flexibility index (Phi) is 6.44. The van der Waals surface area contributed by atoms with Crippen molar-refractivity contribution in [2.45, 2.75) is 25.4 Å². The number of benzene rings is 1. The first-order valence-corrected chi connectivity index (χ1v) is 12.0. The molecule has 4 N–H and O–H groups in total. The van der Waals surface area contributed by atoms with Gasteiger partial charge in [-0.15, -0.1) is 0 Å². The van der Waals surface area contributed by atoms with Gasteiger partial charge in [0.05, 0.1) is 40.2 Å². The van der Waals surface area contributed by atoms with Crippen molar-refractivity contribution < 1.29 is 9.53 Å². The van der Waals surface area contributed by atoms with Crippen LogP contribution in [0.5, 0.6) is 5.75 Å². The molecule has 1 aliphatic heterocycles. The van der Waals surface area contributed by atoms with Crippen molar-refractivity contribution in [3.8, 4) is 5.75 Å². The van der Waals surface area contributed by atoms with Crippen molar-refractivity contribution in [3.63, 3.8) is 0 Å². The van der Waals surface area contributed by atoms with Gasteiger partial charge in [0.2, 0.25) is 0 Å². The van der Waals surface area contributed by atoms with Crippen molar-refractivity contribution in [1.29, 1.82) is 0 Å². The largest absolute Gasteiger partial charge is 0.417 e. The molecule has 1 fully saturated rings. The number of aromatic amines is 1. The number of anilines is 2. The predicted molar refractivity (Wildman–Crippen MR) is 136 cm³/mol. The number of carbonyl (C=O) groups is 1. The molecule has 1 aliphatic rings. The number of ether oxygens (including phenoxy) is 1. The predicted octanol–water partition coefficient (Wildman–Crippen LogP) is 4.76. The van der Waals surface area contributed by atoms with Crippen molar-refractivity contribution in [3.05, 3.63) is 64.1 Å². The molecule has 0 unspecified atom stereocenters. The van der Waals surface area contributed by atoms with E-state index in [-0.39, 0.29) is 6.04 Å². The minimum atomic E-state index is -0.617. The summed E-state index contributed by atoms with van der Waals surface area (Å²) in [4.78, 5) is 22.5. The minimum absolute atomic E-state index is 0.105. The average molecular weight is 545 g/mol. The van der Waals surface area contributed by atoms with Crippen molar-refractivity contribution in [1.82, 2.24) is 19.7 Å². The van der Waals surface area contributed by atoms with Crippen LogP contribution >= 0.6 is 27.5 Å². The summed E-state index contributed by atoms with van der Waals surface area (Å²) in [5, 5.41) is 8.58. The number of H-pyrrole nitrogens is 1. The molecule has 176 valence electrons. The number of pyridine rings is 1. The number of aromatic nitrogens is 4. The van der Waals surface area contributed by atoms with E-state index in [0.29, 0.717) is 28.7 Å². The zero-order valence-electron chi connectivity index (χ0n) is 18.2. The summed E-state index contributed by atoms with van der Waals surface area (Å²) in [6, 6.07) is 7.60. The quantitative estimate of drug-likeness (QED) is 0.334. The van der Waals surface area contributed by atoms with Crippen LogP contribution in [-0.4, -0.2) is 45.0 Å². The molecule has 5 rings (SSSR count). The minimum Gasteiger partial charge on any atom is -0.407 e. The number of fused-ring (bicyclic) bond motifs is 1. The van der Waals surface area contributed by atoms with E-state index in [0.717, 1.165) is 47.0 Å². The van der Waals surface area contributed by atoms with Gasteiger partial charge >= 0.3 is 6.09 Å². The molecule has 0 spiro atoms. The normalized spacial score (nSPS) is 16.1. The molecule has 4 aromatic rings. The molecule has 1 aromatic carbocycles. The Morgan fingerprint density at radius 3 is 2.94 bits per heavy atom. The Morgan fingerprint density at radius 2 is 2.15 bits per heavy atom. The van der Waals surface area contributed by atoms with Crippen LogP contribution in [0.1, 0.15) is 18.4 Å². The molecule has 9 nitrogen and oxygen atoms in total. The zero-order chi connectivity index (χ0) is 23.7. The van der Waals surface area contributed by atoms with E-state index in [1.165, 1.54) is 6.20 Å². The highest BCUT2D eigenvalue weighted by Gasteiger charge is 2.24. The number of rotatable bonds is 5. The molecule has 4 heterocycles. The first-order valence-electron chi connectivity index (χ1n) is 10.9. The molecule has 1 saturated heterocycles. The molecule has 1 atom stereocenters. The van der Waals surface area contributed by atoms with Gasteiger partial charge < -0.3 is 20.4 Å². The Labute approximate surface area is 209 Å². The van der Waals surface area contributed by atoms with Gasteiger partial charge in [0, 0.05) is 36.5 Å². The van der Waals surface area contributed by atoms with Crippen LogP contribution < -0.4 is 20.7 Å². The molecular weight excluding hydrogens is 522 g/mol. The number of amides is 1. The summed E-state index contributed by atoms with van der Waals surface area (Å²) < 4.78 is 8.00. The molecule has 11 heteroatoms. The summed E-state index contributed by atoms with van der Waals surface area (Å²) in [6.07, 6.45) is 8.03. The maximum Gasteiger partial charge on any atom is 0.417 e. The third-order valence-electron chi connectivity index (χ3n) is 5.72. The van der Waals surface area contributed by atoms with E-state index in [1.54, 1.807) is 23.3 Å². The van der Waals surface area contributed by atoms with Crippen LogP contribution in [0.15, 0.2) is 53.5 Å². The van der Waals surface area contributed by atoms with Gasteiger partial charge in [-0.2, -0.15) is 5.10 Å². The third-order valence-corrected chi connectivity index (χ3v) is 6.55. The van der Waals surface area contributed by atoms with Crippen LogP contribution in [0.2, 0.25) is 5.02 Å². The lowest BCUT2D eigenvalue weighted by Crippen LogP contribution is -2.43. The molecule has 0 bridgehead atoms. The molecule has 34 heavy (non-hydrogen) atoms. The van der Waals surface area contributed by atoms with Crippen LogP contribution in [0.3, 0.4) is 0 Å². The Hall–Kier alpha value is -3.08. The van der Waals surface area contributed by atoms with E-state index in [2.05, 4.69) is 41.2 Å². The van der Waals surface area contributed by atoms with Crippen molar-refractivity contribution in [2.75, 3.05) is 23.3 Å². The summed E-state index contributed by atoms with van der Waals surface area (Å²) >= 11 is 9.56. The van der Waals surface area contributed by atoms with Gasteiger partial charge in [-0.1, -0.05) is 23.7 Å². The third kappa shape index (κ3) is 4.89. The zero-order valence-corrected chi connectivity index (χ0v) is 20.5. The standard InChI is InChI=1S/C23H23BrClN7O2/c24-18-9-27-22-20(21(18)31-7-1-2-16(26)12-31)19(10-28-22)30-23(33)34-17-8-29-32(13-17)11-14-3-5-15(25)6-4-14/h3-6,8-10,13,16H,1-2,7,11-12,26H2,(H,27,28)(H,30,33)/t16-/m1/s1. The van der Waals surface area contributed by atoms with Crippen molar-refractivity contribution in [2.24, 2.45) is 5.73 Å². The number of nitrogens with two attached hydrogens (primary N) is 1. The van der Waals surface area contributed by atoms with E-state index in [4.69, 9.17) is 22.1 Å². The maximum atomic E-state index is 12.7. The molecule has 3 aromatic heterocycles. The Balaban J connectivity index is 1.32. The van der Waals surface area contributed by atoms with Crippen molar-refractivity contribution >= 4 is 56.0 Å². The average Bonchev–Trinajstić information content (AvgIpc) is 3.42. The van der Waals surface area contributed by atoms with Gasteiger partial charge in [0.25, 0.3) is 0 Å². The van der Waals surface area contributed by atoms with Crippen LogP contribution in [0.25, 0.3) is 11.0 Å². The summed E-state index contributed by atoms with van der Waals surface area (Å²) in [5.41, 5.74) is 9.44. The molecule has 0 radical (unpaired) electrons. The lowest BCUT2D eigenvalue weighted by molar-refractivity contribution is 0.215. The van der Waals surface area contributed by atoms with Crippen LogP contribution in [-0.2, 0) is 6.54 Å². The monoisotopic (exact) mass is 543 g/mol. The Morgan fingerprint density at radius 1 is 1.32 bits per heavy atom. The summed E-state index contributed by atoms with van der Waals surface area (Å²) in [5.74, 6) is 0.341. The number of piperidine rings is 1. The molecule has 0 saturated carbocycles. The Bertz CT molecular complexity index is 1320. The summed E-state index contributed by atoms with van der Waals surface area (Å²) in [6.45, 7) is 2.15. The lowest BCUT2D eigenvalue weighted by atomic mass is 10.1. The highest BCUT2D eigenvalue weighted by atomic mass is 79.9. The van der Waals surface area contributed by atoms with Gasteiger partial charge in [-0.3, -0.25) is 10.00 Å². The fourth-order valence-corrected chi connectivity index (χ4v) is 4.86. The summed E-state index contributed by atoms with van der Waals surface area (Å²) in [7, 11) is 0. The van der Waals surface area contributed by atoms with Crippen LogP contribution in [0.4, 0.5) is 16.2 Å². The van der Waals surface area contributed by atoms with Gasteiger partial charge in [-0.25, -0.2) is 9.78 Å². The van der Waals surface area contributed by atoms with E-state index in [9.17, 15) is 4.79 Å². The second-order valence-electron chi connectivity index (χ2n) is 8.24. The van der Waals surface area contributed by atoms with Gasteiger partial charge in [-0.05, 0) is 46.5 Å². The van der Waals surface area contributed by atoms with Gasteiger partial charge in [0.15, 0.2) is 5.75 Å². The van der Waals surface area contributed by atoms with Crippen LogP contribution in [0, 0.1) is 0 Å². The lowest BCUT2D eigenvalue weighted by Gasteiger charge is -2.33. The topological polar surface area (TPSA) is 114 Å². The number of halogens is 2. The fourth-order valence-electron chi connectivity index (χ4n) is 4.18. The number of carbonyl (C=O) groups excluding carboxylic acids is 1. The highest BCUT2D eigenvalue weighted by molar-refractivity contribution is 9.10. The first-order chi connectivity index (χ1) is 16.5. The van der Waals surface area contributed by atoms with Gasteiger partial charge in [0.1, 0.15) is 5.65 Å². The SMILES string of the molecule is N[C@@H]1CCCN(c2c(Br)cnc3[nH]cc(NC(=O)Oc4cnn(Cc5ccc(Cl)cc5)c4)c23)C1. The molecular formula is C23H23BrClN7O2. The second kappa shape index (κ2) is 9.65. The second-order valence-corrected chi connectivity index (χ2v) is 9.53. The first kappa shape index (κ1) is 22.7. The highest BCUT2D eigenvalue weighted by Crippen LogP contribution is 2.38. The molecule has 0 aliphatic carbocycles. The maximum absolute atomic E-state index is 12.7. The van der Waals surface area contributed by atoms with E-state index >= 15 is 0 Å². The van der Waals surface area contributed by atoms with E-state index < -0.39 is 6.09 Å².